The van der Waals surface area contributed by atoms with Gasteiger partial charge in [0.05, 0.1) is 7.11 Å². The number of allylic oxidation sites excluding steroid dienone is 2. The fourth-order valence-corrected chi connectivity index (χ4v) is 1.68. The Morgan fingerprint density at radius 3 is 2.33 bits per heavy atom. The molecule has 0 spiro atoms. The van der Waals surface area contributed by atoms with Gasteiger partial charge < -0.3 is 4.74 Å². The minimum Gasteiger partial charge on any atom is -0.468 e. The van der Waals surface area contributed by atoms with Crippen LogP contribution in [-0.2, 0) is 14.3 Å². The van der Waals surface area contributed by atoms with Gasteiger partial charge in [0, 0.05) is 0 Å². The molecule has 3 nitrogen and oxygen atoms in total. The predicted octanol–water partition coefficient (Wildman–Crippen LogP) is 2.86. The van der Waals surface area contributed by atoms with Crippen molar-refractivity contribution in [2.75, 3.05) is 7.11 Å². The molecule has 0 amide bonds. The highest BCUT2D eigenvalue weighted by Crippen LogP contribution is 2.17. The summed E-state index contributed by atoms with van der Waals surface area (Å²) < 4.78 is 4.62. The quantitative estimate of drug-likeness (QED) is 0.592. The van der Waals surface area contributed by atoms with E-state index in [1.165, 1.54) is 14.0 Å². The van der Waals surface area contributed by atoms with E-state index < -0.39 is 11.9 Å². The summed E-state index contributed by atoms with van der Waals surface area (Å²) in [6.07, 6.45) is 2.28. The summed E-state index contributed by atoms with van der Waals surface area (Å²) in [4.78, 5) is 22.8. The van der Waals surface area contributed by atoms with Gasteiger partial charge in [0.2, 0.25) is 0 Å². The second-order valence-corrected chi connectivity index (χ2v) is 4.18. The predicted molar refractivity (Wildman–Crippen MR) is 70.9 cm³/mol. The van der Waals surface area contributed by atoms with Crippen LogP contribution in [0.15, 0.2) is 36.4 Å². The molecule has 0 radical (unpaired) electrons. The van der Waals surface area contributed by atoms with Gasteiger partial charge in [-0.3, -0.25) is 9.59 Å². The lowest BCUT2D eigenvalue weighted by Crippen LogP contribution is -2.22. The molecular formula is C15H18O3. The van der Waals surface area contributed by atoms with E-state index in [0.29, 0.717) is 6.42 Å². The molecule has 1 aromatic carbocycles. The van der Waals surface area contributed by atoms with Gasteiger partial charge in [0.25, 0.3) is 0 Å². The van der Waals surface area contributed by atoms with Gasteiger partial charge in [-0.1, -0.05) is 36.4 Å². The zero-order valence-corrected chi connectivity index (χ0v) is 11.0. The first-order chi connectivity index (χ1) is 8.56. The molecule has 0 N–H and O–H groups in total. The van der Waals surface area contributed by atoms with Crippen molar-refractivity contribution in [2.24, 2.45) is 5.92 Å². The van der Waals surface area contributed by atoms with Crippen molar-refractivity contribution in [1.29, 1.82) is 0 Å². The number of carbonyl (C=O) groups is 2. The smallest absolute Gasteiger partial charge is 0.316 e. The standard InChI is InChI=1S/C15H18O3/c1-11(13-7-5-4-6-8-13)9-10-14(12(2)16)15(17)18-3/h4-9,14H,10H2,1-3H3/b11-9-/t14-/m1/s1. The molecule has 0 bridgehead atoms. The lowest BCUT2D eigenvalue weighted by atomic mass is 9.98. The van der Waals surface area contributed by atoms with Crippen LogP contribution in [0.3, 0.4) is 0 Å². The van der Waals surface area contributed by atoms with Crippen LogP contribution in [-0.4, -0.2) is 18.9 Å². The Balaban J connectivity index is 2.78. The van der Waals surface area contributed by atoms with E-state index in [4.69, 9.17) is 0 Å². The van der Waals surface area contributed by atoms with Crippen LogP contribution in [0.4, 0.5) is 0 Å². The van der Waals surface area contributed by atoms with Gasteiger partial charge in [0.15, 0.2) is 0 Å². The molecule has 1 atom stereocenters. The largest absolute Gasteiger partial charge is 0.468 e. The minimum atomic E-state index is -0.700. The third kappa shape index (κ3) is 3.84. The van der Waals surface area contributed by atoms with Crippen molar-refractivity contribution in [3.63, 3.8) is 0 Å². The van der Waals surface area contributed by atoms with Crippen molar-refractivity contribution in [3.8, 4) is 0 Å². The molecule has 0 aliphatic rings. The van der Waals surface area contributed by atoms with Crippen LogP contribution < -0.4 is 0 Å². The van der Waals surface area contributed by atoms with E-state index in [2.05, 4.69) is 4.74 Å². The van der Waals surface area contributed by atoms with Gasteiger partial charge in [-0.15, -0.1) is 0 Å². The minimum absolute atomic E-state index is 0.168. The van der Waals surface area contributed by atoms with E-state index in [0.717, 1.165) is 11.1 Å². The van der Waals surface area contributed by atoms with Crippen LogP contribution in [0, 0.1) is 5.92 Å². The van der Waals surface area contributed by atoms with Crippen LogP contribution in [0.5, 0.6) is 0 Å². The average molecular weight is 246 g/mol. The van der Waals surface area contributed by atoms with Gasteiger partial charge in [-0.05, 0) is 31.4 Å². The van der Waals surface area contributed by atoms with Crippen molar-refractivity contribution in [2.45, 2.75) is 20.3 Å². The van der Waals surface area contributed by atoms with Gasteiger partial charge >= 0.3 is 5.97 Å². The molecule has 0 unspecified atom stereocenters. The fraction of sp³-hybridized carbons (Fsp3) is 0.333. The number of rotatable bonds is 5. The van der Waals surface area contributed by atoms with Gasteiger partial charge in [-0.2, -0.15) is 0 Å². The Labute approximate surface area is 107 Å². The summed E-state index contributed by atoms with van der Waals surface area (Å²) in [6.45, 7) is 3.37. The average Bonchev–Trinajstić information content (AvgIpc) is 2.39. The molecule has 0 aliphatic heterocycles. The summed E-state index contributed by atoms with van der Waals surface area (Å²) >= 11 is 0. The summed E-state index contributed by atoms with van der Waals surface area (Å²) in [5.41, 5.74) is 2.13. The monoisotopic (exact) mass is 246 g/mol. The number of Topliss-reactive ketones (excluding diaryl/α,β-unsaturated/α-hetero) is 1. The number of ketones is 1. The summed E-state index contributed by atoms with van der Waals surface area (Å²) in [5.74, 6) is -1.34. The van der Waals surface area contributed by atoms with Crippen LogP contribution in [0.2, 0.25) is 0 Å². The topological polar surface area (TPSA) is 43.4 Å². The molecule has 0 aliphatic carbocycles. The van der Waals surface area contributed by atoms with E-state index in [1.807, 2.05) is 43.3 Å². The SMILES string of the molecule is COC(=O)[C@H](C/C=C(/C)c1ccccc1)C(C)=O. The Kier molecular flexibility index (Phi) is 5.31. The van der Waals surface area contributed by atoms with E-state index >= 15 is 0 Å². The molecule has 3 heteroatoms. The van der Waals surface area contributed by atoms with Crippen LogP contribution in [0.1, 0.15) is 25.8 Å². The van der Waals surface area contributed by atoms with Gasteiger partial charge in [-0.25, -0.2) is 0 Å². The summed E-state index contributed by atoms with van der Waals surface area (Å²) in [5, 5.41) is 0. The molecule has 0 aromatic heterocycles. The maximum atomic E-state index is 11.4. The third-order valence-corrected chi connectivity index (χ3v) is 2.87. The Morgan fingerprint density at radius 2 is 1.83 bits per heavy atom. The van der Waals surface area contributed by atoms with E-state index in [9.17, 15) is 9.59 Å². The molecule has 1 rings (SSSR count). The number of hydrogen-bond donors (Lipinski definition) is 0. The zero-order chi connectivity index (χ0) is 13.5. The van der Waals surface area contributed by atoms with Crippen molar-refractivity contribution < 1.29 is 14.3 Å². The molecule has 0 saturated carbocycles. The van der Waals surface area contributed by atoms with Crippen LogP contribution in [0.25, 0.3) is 5.57 Å². The Bertz CT molecular complexity index is 446. The Morgan fingerprint density at radius 1 is 1.22 bits per heavy atom. The van der Waals surface area contributed by atoms with E-state index in [1.54, 1.807) is 0 Å². The van der Waals surface area contributed by atoms with Crippen LogP contribution >= 0.6 is 0 Å². The maximum absolute atomic E-state index is 11.4. The van der Waals surface area contributed by atoms with Gasteiger partial charge in [0.1, 0.15) is 11.7 Å². The summed E-state index contributed by atoms with van der Waals surface area (Å²) in [7, 11) is 1.30. The second-order valence-electron chi connectivity index (χ2n) is 4.18. The van der Waals surface area contributed by atoms with Crippen molar-refractivity contribution in [3.05, 3.63) is 42.0 Å². The first-order valence-corrected chi connectivity index (χ1v) is 5.86. The number of esters is 1. The zero-order valence-electron chi connectivity index (χ0n) is 11.0. The first-order valence-electron chi connectivity index (χ1n) is 5.86. The Hall–Kier alpha value is -1.90. The molecule has 96 valence electrons. The van der Waals surface area contributed by atoms with Crippen molar-refractivity contribution in [1.82, 2.24) is 0 Å². The molecule has 0 fully saturated rings. The highest BCUT2D eigenvalue weighted by molar-refractivity contribution is 5.98. The lowest BCUT2D eigenvalue weighted by molar-refractivity contribution is -0.148. The highest BCUT2D eigenvalue weighted by Gasteiger charge is 2.22. The molecule has 1 aromatic rings. The van der Waals surface area contributed by atoms with E-state index in [-0.39, 0.29) is 5.78 Å². The molecule has 18 heavy (non-hydrogen) atoms. The molecule has 0 heterocycles. The van der Waals surface area contributed by atoms with Crippen molar-refractivity contribution >= 4 is 17.3 Å². The number of carbonyl (C=O) groups excluding carboxylic acids is 2. The normalized spacial score (nSPS) is 12.9. The summed E-state index contributed by atoms with van der Waals surface area (Å²) in [6, 6.07) is 9.84. The molecular weight excluding hydrogens is 228 g/mol. The second kappa shape index (κ2) is 6.74. The third-order valence-electron chi connectivity index (χ3n) is 2.87. The maximum Gasteiger partial charge on any atom is 0.316 e. The number of ether oxygens (including phenoxy) is 1. The highest BCUT2D eigenvalue weighted by atomic mass is 16.5. The number of hydrogen-bond acceptors (Lipinski definition) is 3. The lowest BCUT2D eigenvalue weighted by Gasteiger charge is -2.09. The number of methoxy groups -OCH3 is 1. The number of benzene rings is 1. The fourth-order valence-electron chi connectivity index (χ4n) is 1.68. The molecule has 0 saturated heterocycles. The first kappa shape index (κ1) is 14.2.